The highest BCUT2D eigenvalue weighted by atomic mass is 35.5. The van der Waals surface area contributed by atoms with Gasteiger partial charge in [0.05, 0.1) is 22.0 Å². The Labute approximate surface area is 172 Å². The number of rotatable bonds is 6. The van der Waals surface area contributed by atoms with E-state index < -0.39 is 5.97 Å². The molecule has 0 radical (unpaired) electrons. The predicted octanol–water partition coefficient (Wildman–Crippen LogP) is 5.22. The van der Waals surface area contributed by atoms with Gasteiger partial charge in [-0.05, 0) is 46.5 Å². The molecule has 0 bridgehead atoms. The van der Waals surface area contributed by atoms with E-state index in [0.717, 1.165) is 16.7 Å². The molecule has 0 saturated heterocycles. The van der Waals surface area contributed by atoms with Crippen molar-refractivity contribution < 1.29 is 14.7 Å². The number of nitrogens with one attached hydrogen (secondary N) is 1. The van der Waals surface area contributed by atoms with Gasteiger partial charge in [-0.2, -0.15) is 0 Å². The van der Waals surface area contributed by atoms with Crippen LogP contribution in [0.1, 0.15) is 21.5 Å². The molecule has 0 aromatic heterocycles. The van der Waals surface area contributed by atoms with Gasteiger partial charge in [-0.1, -0.05) is 65.7 Å². The molecule has 142 valence electrons. The van der Waals surface area contributed by atoms with Crippen LogP contribution in [0.3, 0.4) is 0 Å². The van der Waals surface area contributed by atoms with Gasteiger partial charge in [0.1, 0.15) is 0 Å². The molecule has 4 nitrogen and oxygen atoms in total. The number of aromatic carboxylic acids is 1. The Morgan fingerprint density at radius 3 is 2.29 bits per heavy atom. The van der Waals surface area contributed by atoms with Crippen molar-refractivity contribution in [2.24, 2.45) is 0 Å². The summed E-state index contributed by atoms with van der Waals surface area (Å²) in [6.07, 6.45) is 0.123. The van der Waals surface area contributed by atoms with Crippen molar-refractivity contribution in [2.45, 2.75) is 13.0 Å². The molecule has 0 atom stereocenters. The summed E-state index contributed by atoms with van der Waals surface area (Å²) in [7, 11) is 0. The summed E-state index contributed by atoms with van der Waals surface area (Å²) in [5, 5.41) is 13.0. The maximum atomic E-state index is 12.3. The van der Waals surface area contributed by atoms with Gasteiger partial charge in [-0.25, -0.2) is 4.79 Å². The molecule has 0 aliphatic carbocycles. The first-order valence-corrected chi connectivity index (χ1v) is 9.32. The first kappa shape index (κ1) is 19.9. The number of carboxylic acid groups (broad SMARTS) is 1. The number of hydrogen-bond acceptors (Lipinski definition) is 2. The highest BCUT2D eigenvalue weighted by Crippen LogP contribution is 2.24. The van der Waals surface area contributed by atoms with Crippen molar-refractivity contribution in [1.29, 1.82) is 0 Å². The third kappa shape index (κ3) is 4.91. The van der Waals surface area contributed by atoms with Crippen LogP contribution in [0.4, 0.5) is 0 Å². The van der Waals surface area contributed by atoms with Gasteiger partial charge in [0.25, 0.3) is 0 Å². The van der Waals surface area contributed by atoms with Gasteiger partial charge in [0.2, 0.25) is 5.91 Å². The second kappa shape index (κ2) is 8.91. The molecule has 3 aromatic rings. The zero-order valence-electron chi connectivity index (χ0n) is 14.8. The lowest BCUT2D eigenvalue weighted by Crippen LogP contribution is -2.25. The number of amides is 1. The van der Waals surface area contributed by atoms with Crippen molar-refractivity contribution in [3.63, 3.8) is 0 Å². The smallest absolute Gasteiger partial charge is 0.336 e. The predicted molar refractivity (Wildman–Crippen MR) is 111 cm³/mol. The lowest BCUT2D eigenvalue weighted by atomic mass is 9.99. The molecule has 0 unspecified atom stereocenters. The molecular formula is C22H17Cl2NO3. The molecule has 0 saturated carbocycles. The van der Waals surface area contributed by atoms with Crippen LogP contribution in [0.15, 0.2) is 66.7 Å². The van der Waals surface area contributed by atoms with E-state index in [0.29, 0.717) is 15.6 Å². The summed E-state index contributed by atoms with van der Waals surface area (Å²) in [6.45, 7) is 0.114. The number of halogens is 2. The van der Waals surface area contributed by atoms with E-state index >= 15 is 0 Å². The van der Waals surface area contributed by atoms with Gasteiger partial charge in [0.15, 0.2) is 0 Å². The molecule has 0 spiro atoms. The number of carboxylic acids is 1. The van der Waals surface area contributed by atoms with E-state index in [1.807, 2.05) is 30.3 Å². The van der Waals surface area contributed by atoms with Crippen LogP contribution in [0.25, 0.3) is 11.1 Å². The standard InChI is InChI=1S/C22H17Cl2NO3/c23-19-9-6-14(10-20(19)24)11-21(26)25-13-17-12-16(7-8-18(17)22(27)28)15-4-2-1-3-5-15/h1-10,12H,11,13H2,(H,25,26)(H,27,28). The fourth-order valence-electron chi connectivity index (χ4n) is 2.85. The number of hydrogen-bond donors (Lipinski definition) is 2. The Bertz CT molecular complexity index is 1020. The van der Waals surface area contributed by atoms with Crippen molar-refractivity contribution >= 4 is 35.1 Å². The van der Waals surface area contributed by atoms with Crippen LogP contribution in [0.2, 0.25) is 10.0 Å². The minimum atomic E-state index is -1.03. The van der Waals surface area contributed by atoms with E-state index in [1.54, 1.807) is 36.4 Å². The maximum Gasteiger partial charge on any atom is 0.336 e. The molecule has 0 aliphatic rings. The monoisotopic (exact) mass is 413 g/mol. The molecular weight excluding hydrogens is 397 g/mol. The van der Waals surface area contributed by atoms with E-state index in [4.69, 9.17) is 23.2 Å². The van der Waals surface area contributed by atoms with E-state index in [2.05, 4.69) is 5.32 Å². The third-order valence-electron chi connectivity index (χ3n) is 4.27. The molecule has 0 fully saturated rings. The number of carbonyl (C=O) groups excluding carboxylic acids is 1. The molecule has 0 heterocycles. The lowest BCUT2D eigenvalue weighted by molar-refractivity contribution is -0.120. The van der Waals surface area contributed by atoms with Crippen molar-refractivity contribution in [3.05, 3.63) is 93.5 Å². The van der Waals surface area contributed by atoms with Gasteiger partial charge in [-0.3, -0.25) is 4.79 Å². The SMILES string of the molecule is O=C(Cc1ccc(Cl)c(Cl)c1)NCc1cc(-c2ccccc2)ccc1C(=O)O. The Morgan fingerprint density at radius 2 is 1.61 bits per heavy atom. The summed E-state index contributed by atoms with van der Waals surface area (Å²) in [6, 6.07) is 19.8. The first-order chi connectivity index (χ1) is 13.4. The first-order valence-electron chi connectivity index (χ1n) is 8.56. The zero-order chi connectivity index (χ0) is 20.1. The molecule has 6 heteroatoms. The Hall–Kier alpha value is -2.82. The van der Waals surface area contributed by atoms with Crippen LogP contribution >= 0.6 is 23.2 Å². The summed E-state index contributed by atoms with van der Waals surface area (Å²) >= 11 is 11.9. The van der Waals surface area contributed by atoms with Crippen LogP contribution in [0, 0.1) is 0 Å². The van der Waals surface area contributed by atoms with Gasteiger partial charge < -0.3 is 10.4 Å². The summed E-state index contributed by atoms with van der Waals surface area (Å²) in [5.74, 6) is -1.27. The quantitative estimate of drug-likeness (QED) is 0.582. The topological polar surface area (TPSA) is 66.4 Å². The van der Waals surface area contributed by atoms with Crippen LogP contribution in [-0.4, -0.2) is 17.0 Å². The number of benzene rings is 3. The molecule has 3 rings (SSSR count). The fourth-order valence-corrected chi connectivity index (χ4v) is 3.17. The summed E-state index contributed by atoms with van der Waals surface area (Å²) in [4.78, 5) is 23.8. The van der Waals surface area contributed by atoms with E-state index in [9.17, 15) is 14.7 Å². The Kier molecular flexibility index (Phi) is 6.34. The molecule has 28 heavy (non-hydrogen) atoms. The Morgan fingerprint density at radius 1 is 0.857 bits per heavy atom. The van der Waals surface area contributed by atoms with Gasteiger partial charge in [-0.15, -0.1) is 0 Å². The Balaban J connectivity index is 1.75. The van der Waals surface area contributed by atoms with Gasteiger partial charge >= 0.3 is 5.97 Å². The minimum absolute atomic E-state index is 0.114. The van der Waals surface area contributed by atoms with Crippen molar-refractivity contribution in [1.82, 2.24) is 5.32 Å². The second-order valence-corrected chi connectivity index (χ2v) is 7.06. The molecule has 0 aliphatic heterocycles. The normalized spacial score (nSPS) is 10.5. The van der Waals surface area contributed by atoms with Crippen molar-refractivity contribution in [2.75, 3.05) is 0 Å². The molecule has 3 aromatic carbocycles. The van der Waals surface area contributed by atoms with Gasteiger partial charge in [0, 0.05) is 6.54 Å². The third-order valence-corrected chi connectivity index (χ3v) is 5.01. The maximum absolute atomic E-state index is 12.3. The molecule has 2 N–H and O–H groups in total. The van der Waals surface area contributed by atoms with E-state index in [1.165, 1.54) is 0 Å². The van der Waals surface area contributed by atoms with Crippen LogP contribution in [0.5, 0.6) is 0 Å². The van der Waals surface area contributed by atoms with Crippen LogP contribution < -0.4 is 5.32 Å². The second-order valence-electron chi connectivity index (χ2n) is 6.25. The highest BCUT2D eigenvalue weighted by molar-refractivity contribution is 6.42. The summed E-state index contributed by atoms with van der Waals surface area (Å²) < 4.78 is 0. The highest BCUT2D eigenvalue weighted by Gasteiger charge is 2.13. The van der Waals surface area contributed by atoms with E-state index in [-0.39, 0.29) is 24.4 Å². The number of carbonyl (C=O) groups is 2. The fraction of sp³-hybridized carbons (Fsp3) is 0.0909. The lowest BCUT2D eigenvalue weighted by Gasteiger charge is -2.11. The minimum Gasteiger partial charge on any atom is -0.478 e. The largest absolute Gasteiger partial charge is 0.478 e. The average Bonchev–Trinajstić information content (AvgIpc) is 2.69. The van der Waals surface area contributed by atoms with Crippen LogP contribution in [-0.2, 0) is 17.8 Å². The molecule has 1 amide bonds. The zero-order valence-corrected chi connectivity index (χ0v) is 16.3. The van der Waals surface area contributed by atoms with Crippen molar-refractivity contribution in [3.8, 4) is 11.1 Å². The average molecular weight is 414 g/mol. The summed E-state index contributed by atoms with van der Waals surface area (Å²) in [5.41, 5.74) is 3.29.